The topological polar surface area (TPSA) is 68.0 Å². The predicted molar refractivity (Wildman–Crippen MR) is 102 cm³/mol. The molecule has 6 rings (SSSR count). The Bertz CT molecular complexity index is 1000. The molecule has 3 aliphatic rings. The van der Waals surface area contributed by atoms with Gasteiger partial charge in [-0.05, 0) is 63.0 Å². The highest BCUT2D eigenvalue weighted by atomic mass is 32.1. The third-order valence-corrected chi connectivity index (χ3v) is 7.06. The Morgan fingerprint density at radius 3 is 2.67 bits per heavy atom. The fourth-order valence-electron chi connectivity index (χ4n) is 4.46. The van der Waals surface area contributed by atoms with Gasteiger partial charge in [-0.2, -0.15) is 0 Å². The molecular formula is C20H20FN3O2S. The van der Waals surface area contributed by atoms with Gasteiger partial charge >= 0.3 is 0 Å². The van der Waals surface area contributed by atoms with Gasteiger partial charge in [0.05, 0.1) is 27.2 Å². The zero-order valence-electron chi connectivity index (χ0n) is 15.0. The molecule has 3 fully saturated rings. The lowest BCUT2D eigenvalue weighted by Crippen LogP contribution is -2.57. The number of aromatic nitrogens is 2. The van der Waals surface area contributed by atoms with E-state index in [0.29, 0.717) is 66.6 Å². The maximum Gasteiger partial charge on any atom is 0.259 e. The molecule has 0 atom stereocenters. The van der Waals surface area contributed by atoms with Gasteiger partial charge in [-0.3, -0.25) is 4.79 Å². The van der Waals surface area contributed by atoms with E-state index >= 15 is 0 Å². The number of rotatable bonds is 3. The van der Waals surface area contributed by atoms with Crippen LogP contribution in [0.2, 0.25) is 0 Å². The first-order valence-corrected chi connectivity index (χ1v) is 10.2. The van der Waals surface area contributed by atoms with Crippen molar-refractivity contribution in [2.45, 2.75) is 56.7 Å². The third-order valence-electron chi connectivity index (χ3n) is 6.17. The smallest absolute Gasteiger partial charge is 0.259 e. The largest absolute Gasteiger partial charge is 0.347 e. The molecular weight excluding hydrogens is 365 g/mol. The second-order valence-electron chi connectivity index (χ2n) is 7.87. The first kappa shape index (κ1) is 16.9. The second-order valence-corrected chi connectivity index (χ2v) is 8.81. The molecule has 1 amide bonds. The van der Waals surface area contributed by atoms with E-state index < -0.39 is 5.67 Å². The Morgan fingerprint density at radius 2 is 2.00 bits per heavy atom. The van der Waals surface area contributed by atoms with E-state index in [1.54, 1.807) is 11.3 Å². The Kier molecular flexibility index (Phi) is 3.66. The SMILES string of the molecule is Cc1noc2nc(-c3cccs3)cc(C(=O)NC34CCC(F)(CC3)CC4)c12. The monoisotopic (exact) mass is 385 g/mol. The van der Waals surface area contributed by atoms with Gasteiger partial charge in [-0.1, -0.05) is 11.2 Å². The average Bonchev–Trinajstić information content (AvgIpc) is 3.33. The van der Waals surface area contributed by atoms with Crippen molar-refractivity contribution in [1.29, 1.82) is 0 Å². The second kappa shape index (κ2) is 5.86. The highest BCUT2D eigenvalue weighted by molar-refractivity contribution is 7.13. The summed E-state index contributed by atoms with van der Waals surface area (Å²) in [6, 6.07) is 5.73. The van der Waals surface area contributed by atoms with Gasteiger partial charge in [0.25, 0.3) is 11.6 Å². The number of hydrogen-bond donors (Lipinski definition) is 1. The number of fused-ring (bicyclic) bond motifs is 4. The number of pyridine rings is 1. The molecule has 5 nitrogen and oxygen atoms in total. The highest BCUT2D eigenvalue weighted by Gasteiger charge is 2.49. The van der Waals surface area contributed by atoms with Crippen LogP contribution in [0.25, 0.3) is 21.7 Å². The Balaban J connectivity index is 1.54. The molecule has 2 bridgehead atoms. The van der Waals surface area contributed by atoms with E-state index in [-0.39, 0.29) is 11.4 Å². The van der Waals surface area contributed by atoms with Crippen LogP contribution in [0.1, 0.15) is 54.6 Å². The maximum atomic E-state index is 14.5. The molecule has 3 aromatic heterocycles. The van der Waals surface area contributed by atoms with Gasteiger partial charge < -0.3 is 9.84 Å². The molecule has 7 heteroatoms. The minimum atomic E-state index is -1.02. The quantitative estimate of drug-likeness (QED) is 0.703. The number of aryl methyl sites for hydroxylation is 1. The summed E-state index contributed by atoms with van der Waals surface area (Å²) in [5.74, 6) is -0.153. The van der Waals surface area contributed by atoms with Crippen molar-refractivity contribution in [2.24, 2.45) is 0 Å². The van der Waals surface area contributed by atoms with Crippen LogP contribution in [0.15, 0.2) is 28.1 Å². The van der Waals surface area contributed by atoms with E-state index in [4.69, 9.17) is 4.52 Å². The van der Waals surface area contributed by atoms with Crippen molar-refractivity contribution in [3.05, 3.63) is 34.8 Å². The van der Waals surface area contributed by atoms with Gasteiger partial charge in [-0.15, -0.1) is 11.3 Å². The van der Waals surface area contributed by atoms with Crippen LogP contribution in [0.4, 0.5) is 4.39 Å². The maximum absolute atomic E-state index is 14.5. The molecule has 0 aromatic carbocycles. The van der Waals surface area contributed by atoms with Crippen LogP contribution in [0.5, 0.6) is 0 Å². The normalized spacial score (nSPS) is 27.2. The number of carbonyl (C=O) groups is 1. The molecule has 0 saturated heterocycles. The van der Waals surface area contributed by atoms with Crippen LogP contribution >= 0.6 is 11.3 Å². The summed E-state index contributed by atoms with van der Waals surface area (Å²) in [4.78, 5) is 18.8. The average molecular weight is 385 g/mol. The number of nitrogens with zero attached hydrogens (tertiary/aromatic N) is 2. The summed E-state index contributed by atoms with van der Waals surface area (Å²) in [5.41, 5.74) is 0.928. The number of hydrogen-bond acceptors (Lipinski definition) is 5. The molecule has 3 aromatic rings. The molecule has 0 radical (unpaired) electrons. The predicted octanol–water partition coefficient (Wildman–Crippen LogP) is 4.80. The number of nitrogens with one attached hydrogen (secondary N) is 1. The number of amides is 1. The molecule has 1 N–H and O–H groups in total. The van der Waals surface area contributed by atoms with Gasteiger partial charge in [0.15, 0.2) is 0 Å². The standard InChI is InChI=1S/C20H20FN3O2S/c1-12-16-13(11-14(15-3-2-10-27-15)22-18(16)26-24-12)17(25)23-20-7-4-19(21,5-8-20)6-9-20/h2-3,10-11H,4-9H2,1H3,(H,23,25). The van der Waals surface area contributed by atoms with Crippen LogP contribution in [0, 0.1) is 6.92 Å². The molecule has 0 spiro atoms. The molecule has 3 aliphatic carbocycles. The van der Waals surface area contributed by atoms with Gasteiger partial charge in [0, 0.05) is 5.54 Å². The summed E-state index contributed by atoms with van der Waals surface area (Å²) >= 11 is 1.56. The van der Waals surface area contributed by atoms with Crippen molar-refractivity contribution in [3.63, 3.8) is 0 Å². The van der Waals surface area contributed by atoms with Crippen LogP contribution in [-0.2, 0) is 0 Å². The first-order valence-electron chi connectivity index (χ1n) is 9.29. The lowest BCUT2D eigenvalue weighted by Gasteiger charge is -2.49. The summed E-state index contributed by atoms with van der Waals surface area (Å²) in [6.45, 7) is 1.81. The summed E-state index contributed by atoms with van der Waals surface area (Å²) < 4.78 is 19.8. The van der Waals surface area contributed by atoms with Crippen molar-refractivity contribution >= 4 is 28.3 Å². The third kappa shape index (κ3) is 2.76. The number of carbonyl (C=O) groups excluding carboxylic acids is 1. The van der Waals surface area contributed by atoms with Crippen LogP contribution in [0.3, 0.4) is 0 Å². The molecule has 3 saturated carbocycles. The number of alkyl halides is 1. The van der Waals surface area contributed by atoms with Crippen molar-refractivity contribution in [3.8, 4) is 10.6 Å². The van der Waals surface area contributed by atoms with Crippen molar-refractivity contribution < 1.29 is 13.7 Å². The van der Waals surface area contributed by atoms with Crippen LogP contribution < -0.4 is 5.32 Å². The van der Waals surface area contributed by atoms with E-state index in [9.17, 15) is 9.18 Å². The van der Waals surface area contributed by atoms with Gasteiger partial charge in [0.2, 0.25) is 0 Å². The zero-order chi connectivity index (χ0) is 18.6. The summed E-state index contributed by atoms with van der Waals surface area (Å²) in [6.07, 6.45) is 3.70. The minimum absolute atomic E-state index is 0.153. The summed E-state index contributed by atoms with van der Waals surface area (Å²) in [5, 5.41) is 9.85. The number of halogens is 1. The highest BCUT2D eigenvalue weighted by Crippen LogP contribution is 2.49. The molecule has 0 unspecified atom stereocenters. The minimum Gasteiger partial charge on any atom is -0.347 e. The van der Waals surface area contributed by atoms with Crippen molar-refractivity contribution in [1.82, 2.24) is 15.5 Å². The molecule has 3 heterocycles. The lowest BCUT2D eigenvalue weighted by molar-refractivity contribution is -0.00648. The van der Waals surface area contributed by atoms with E-state index in [1.165, 1.54) is 0 Å². The fraction of sp³-hybridized carbons (Fsp3) is 0.450. The Morgan fingerprint density at radius 1 is 1.26 bits per heavy atom. The Hall–Kier alpha value is -2.28. The molecule has 27 heavy (non-hydrogen) atoms. The Labute approximate surface area is 160 Å². The van der Waals surface area contributed by atoms with E-state index in [0.717, 1.165) is 4.88 Å². The van der Waals surface area contributed by atoms with Gasteiger partial charge in [0.1, 0.15) is 5.67 Å². The first-order chi connectivity index (χ1) is 13.0. The zero-order valence-corrected chi connectivity index (χ0v) is 15.9. The van der Waals surface area contributed by atoms with Crippen molar-refractivity contribution in [2.75, 3.05) is 0 Å². The summed E-state index contributed by atoms with van der Waals surface area (Å²) in [7, 11) is 0. The number of thiophene rings is 1. The van der Waals surface area contributed by atoms with E-state index in [1.807, 2.05) is 30.5 Å². The molecule has 0 aliphatic heterocycles. The van der Waals surface area contributed by atoms with Gasteiger partial charge in [-0.25, -0.2) is 9.37 Å². The van der Waals surface area contributed by atoms with E-state index in [2.05, 4.69) is 15.5 Å². The molecule has 140 valence electrons. The fourth-order valence-corrected chi connectivity index (χ4v) is 5.15. The lowest BCUT2D eigenvalue weighted by atomic mass is 9.64. The van der Waals surface area contributed by atoms with Crippen LogP contribution in [-0.4, -0.2) is 27.3 Å².